The Morgan fingerprint density at radius 1 is 1.60 bits per heavy atom. The second-order valence-corrected chi connectivity index (χ2v) is 1.58. The van der Waals surface area contributed by atoms with Crippen LogP contribution in [0, 0.1) is 0 Å². The highest BCUT2D eigenvalue weighted by atomic mass is 16.3. The zero-order valence-electron chi connectivity index (χ0n) is 4.81. The fourth-order valence-electron chi connectivity index (χ4n) is 0.544. The predicted octanol–water partition coefficient (Wildman–Crippen LogP) is 1.37. The molecule has 0 spiro atoms. The molecule has 6 heteroatoms. The molecule has 0 radical (unpaired) electrons. The lowest BCUT2D eigenvalue weighted by atomic mass is 10.5. The van der Waals surface area contributed by atoms with E-state index in [2.05, 4.69) is 15.0 Å². The van der Waals surface area contributed by atoms with E-state index in [1.807, 2.05) is 0 Å². The summed E-state index contributed by atoms with van der Waals surface area (Å²) in [6.07, 6.45) is 0. The maximum atomic E-state index is 8.78. The number of hydrogen-bond acceptors (Lipinski definition) is 3. The van der Waals surface area contributed by atoms with Crippen molar-refractivity contribution in [2.45, 2.75) is 0 Å². The van der Waals surface area contributed by atoms with Crippen molar-refractivity contribution in [1.29, 1.82) is 0 Å². The van der Waals surface area contributed by atoms with E-state index in [1.165, 1.54) is 0 Å². The predicted molar refractivity (Wildman–Crippen MR) is 32.9 cm³/mol. The van der Waals surface area contributed by atoms with Crippen LogP contribution in [0.2, 0.25) is 0 Å². The number of nitrogens with one attached hydrogen (secondary N) is 1. The van der Waals surface area contributed by atoms with Gasteiger partial charge in [0.15, 0.2) is 5.88 Å². The van der Waals surface area contributed by atoms with E-state index < -0.39 is 0 Å². The van der Waals surface area contributed by atoms with Crippen LogP contribution >= 0.6 is 0 Å². The molecule has 52 valence electrons. The number of H-pyrrole nitrogens is 1. The van der Waals surface area contributed by atoms with Crippen LogP contribution in [-0.2, 0) is 0 Å². The summed E-state index contributed by atoms with van der Waals surface area (Å²) < 4.78 is 0. The van der Waals surface area contributed by atoms with Gasteiger partial charge in [0.1, 0.15) is 5.69 Å². The fourth-order valence-corrected chi connectivity index (χ4v) is 0.544. The maximum absolute atomic E-state index is 8.78. The van der Waals surface area contributed by atoms with Crippen molar-refractivity contribution in [3.05, 3.63) is 16.5 Å². The molecule has 1 rings (SSSR count). The summed E-state index contributed by atoms with van der Waals surface area (Å²) in [7, 11) is 0. The van der Waals surface area contributed by atoms with E-state index in [4.69, 9.17) is 15.7 Å². The molecule has 1 heterocycles. The largest absolute Gasteiger partial charge is 0.495 e. The SMILES string of the molecule is [N-]=[N+]=Nc1cc(O)[nH]c1O. The van der Waals surface area contributed by atoms with Gasteiger partial charge in [0.2, 0.25) is 5.88 Å². The first-order chi connectivity index (χ1) is 4.74. The summed E-state index contributed by atoms with van der Waals surface area (Å²) >= 11 is 0. The third-order valence-electron chi connectivity index (χ3n) is 0.915. The second kappa shape index (κ2) is 2.20. The first-order valence-electron chi connectivity index (χ1n) is 2.40. The van der Waals surface area contributed by atoms with E-state index in [0.29, 0.717) is 0 Å². The van der Waals surface area contributed by atoms with E-state index in [-0.39, 0.29) is 17.4 Å². The minimum atomic E-state index is -0.338. The van der Waals surface area contributed by atoms with Crippen molar-refractivity contribution >= 4 is 5.69 Å². The molecule has 0 bridgehead atoms. The molecule has 0 aliphatic carbocycles. The van der Waals surface area contributed by atoms with Crippen molar-refractivity contribution in [1.82, 2.24) is 4.98 Å². The highest BCUT2D eigenvalue weighted by Gasteiger charge is 2.01. The Kier molecular flexibility index (Phi) is 1.39. The van der Waals surface area contributed by atoms with Crippen molar-refractivity contribution < 1.29 is 10.2 Å². The van der Waals surface area contributed by atoms with Crippen molar-refractivity contribution in [2.24, 2.45) is 5.11 Å². The van der Waals surface area contributed by atoms with Gasteiger partial charge in [-0.1, -0.05) is 5.11 Å². The van der Waals surface area contributed by atoms with Gasteiger partial charge in [0.05, 0.1) is 0 Å². The normalized spacial score (nSPS) is 8.80. The Hall–Kier alpha value is -1.81. The number of aromatic hydroxyl groups is 2. The van der Waals surface area contributed by atoms with Crippen LogP contribution < -0.4 is 0 Å². The van der Waals surface area contributed by atoms with Gasteiger partial charge in [-0.05, 0) is 5.53 Å². The lowest BCUT2D eigenvalue weighted by Gasteiger charge is -1.81. The highest BCUT2D eigenvalue weighted by molar-refractivity contribution is 5.50. The second-order valence-electron chi connectivity index (χ2n) is 1.58. The van der Waals surface area contributed by atoms with Gasteiger partial charge in [-0.15, -0.1) is 0 Å². The topological polar surface area (TPSA) is 105 Å². The van der Waals surface area contributed by atoms with Gasteiger partial charge in [-0.25, -0.2) is 0 Å². The van der Waals surface area contributed by atoms with Crippen LogP contribution in [0.25, 0.3) is 10.4 Å². The molecule has 3 N–H and O–H groups in total. The Balaban J connectivity index is 3.14. The Bertz CT molecular complexity index is 285. The van der Waals surface area contributed by atoms with Crippen LogP contribution in [0.4, 0.5) is 5.69 Å². The summed E-state index contributed by atoms with van der Waals surface area (Å²) in [5, 5.41) is 20.5. The number of aromatic nitrogens is 1. The molecule has 0 saturated carbocycles. The van der Waals surface area contributed by atoms with Crippen molar-refractivity contribution in [2.75, 3.05) is 0 Å². The molecule has 0 saturated heterocycles. The number of hydrogen-bond donors (Lipinski definition) is 3. The molecule has 0 unspecified atom stereocenters. The Labute approximate surface area is 55.4 Å². The first-order valence-corrected chi connectivity index (χ1v) is 2.40. The first kappa shape index (κ1) is 6.31. The molecule has 0 aliphatic heterocycles. The van der Waals surface area contributed by atoms with Gasteiger partial charge in [0, 0.05) is 11.0 Å². The molecule has 1 aromatic rings. The molecule has 10 heavy (non-hydrogen) atoms. The average molecular weight is 140 g/mol. The monoisotopic (exact) mass is 140 g/mol. The minimum absolute atomic E-state index is 0.0139. The molecule has 6 nitrogen and oxygen atoms in total. The molecule has 0 amide bonds. The molecule has 0 atom stereocenters. The number of rotatable bonds is 1. The quantitative estimate of drug-likeness (QED) is 0.311. The molecule has 0 aromatic carbocycles. The Morgan fingerprint density at radius 3 is 2.70 bits per heavy atom. The van der Waals surface area contributed by atoms with Gasteiger partial charge < -0.3 is 10.2 Å². The maximum Gasteiger partial charge on any atom is 0.200 e. The van der Waals surface area contributed by atoms with Crippen LogP contribution in [0.3, 0.4) is 0 Å². The van der Waals surface area contributed by atoms with Gasteiger partial charge in [-0.2, -0.15) is 0 Å². The summed E-state index contributed by atoms with van der Waals surface area (Å²) in [4.78, 5) is 4.55. The number of azide groups is 1. The lowest BCUT2D eigenvalue weighted by molar-refractivity contribution is 0.426. The van der Waals surface area contributed by atoms with Crippen molar-refractivity contribution in [3.63, 3.8) is 0 Å². The summed E-state index contributed by atoms with van der Waals surface area (Å²) in [5.41, 5.74) is 7.89. The zero-order valence-corrected chi connectivity index (χ0v) is 4.81. The molecule has 0 fully saturated rings. The van der Waals surface area contributed by atoms with E-state index in [0.717, 1.165) is 6.07 Å². The smallest absolute Gasteiger partial charge is 0.200 e. The zero-order chi connectivity index (χ0) is 7.56. The standard InChI is InChI=1S/C4H4N4O2/c5-8-7-2-1-3(9)6-4(2)10/h1,6,9-10H. The molecule has 0 aliphatic rings. The molecule has 1 aromatic heterocycles. The number of nitrogens with zero attached hydrogens (tertiary/aromatic N) is 3. The summed E-state index contributed by atoms with van der Waals surface area (Å²) in [6, 6.07) is 1.12. The van der Waals surface area contributed by atoms with Crippen LogP contribution in [0.15, 0.2) is 11.2 Å². The van der Waals surface area contributed by atoms with E-state index in [9.17, 15) is 0 Å². The third-order valence-corrected chi connectivity index (χ3v) is 0.915. The molecular weight excluding hydrogens is 136 g/mol. The Morgan fingerprint density at radius 2 is 2.30 bits per heavy atom. The van der Waals surface area contributed by atoms with Gasteiger partial charge in [-0.3, -0.25) is 4.98 Å². The van der Waals surface area contributed by atoms with E-state index >= 15 is 0 Å². The average Bonchev–Trinajstić information content (AvgIpc) is 2.13. The van der Waals surface area contributed by atoms with Crippen molar-refractivity contribution in [3.8, 4) is 11.8 Å². The fraction of sp³-hybridized carbons (Fsp3) is 0. The molecular formula is C4H4N4O2. The van der Waals surface area contributed by atoms with Crippen LogP contribution in [-0.4, -0.2) is 15.2 Å². The lowest BCUT2D eigenvalue weighted by Crippen LogP contribution is -1.58. The highest BCUT2D eigenvalue weighted by Crippen LogP contribution is 2.29. The van der Waals surface area contributed by atoms with E-state index in [1.54, 1.807) is 0 Å². The van der Waals surface area contributed by atoms with Crippen LogP contribution in [0.1, 0.15) is 0 Å². The summed E-state index contributed by atoms with van der Waals surface area (Å²) in [6.45, 7) is 0. The number of aromatic amines is 1. The third kappa shape index (κ3) is 0.958. The van der Waals surface area contributed by atoms with Crippen LogP contribution in [0.5, 0.6) is 11.8 Å². The summed E-state index contributed by atoms with van der Waals surface area (Å²) in [5.74, 6) is -0.574. The van der Waals surface area contributed by atoms with Gasteiger partial charge >= 0.3 is 0 Å². The van der Waals surface area contributed by atoms with Gasteiger partial charge in [0.25, 0.3) is 0 Å². The minimum Gasteiger partial charge on any atom is -0.495 e.